The predicted molar refractivity (Wildman–Crippen MR) is 89.5 cm³/mol. The summed E-state index contributed by atoms with van der Waals surface area (Å²) >= 11 is 0. The van der Waals surface area contributed by atoms with Gasteiger partial charge in [0.1, 0.15) is 0 Å². The Morgan fingerprint density at radius 2 is 2.04 bits per heavy atom. The van der Waals surface area contributed by atoms with E-state index in [1.165, 1.54) is 13.2 Å². The minimum absolute atomic E-state index is 0.0307. The van der Waals surface area contributed by atoms with Gasteiger partial charge in [0.25, 0.3) is 0 Å². The molecule has 5 nitrogen and oxygen atoms in total. The van der Waals surface area contributed by atoms with Crippen molar-refractivity contribution in [3.8, 4) is 11.5 Å². The smallest absolute Gasteiger partial charge is 0.328 e. The molecule has 1 aromatic carbocycles. The van der Waals surface area contributed by atoms with Crippen LogP contribution in [0.2, 0.25) is 0 Å². The minimum atomic E-state index is -1.00. The Bertz CT molecular complexity index is 587. The first kappa shape index (κ1) is 18.6. The summed E-state index contributed by atoms with van der Waals surface area (Å²) in [7, 11) is 1.52. The van der Waals surface area contributed by atoms with Crippen molar-refractivity contribution in [2.24, 2.45) is 5.41 Å². The van der Waals surface area contributed by atoms with Crippen molar-refractivity contribution in [2.45, 2.75) is 27.2 Å². The van der Waals surface area contributed by atoms with Gasteiger partial charge >= 0.3 is 5.97 Å². The number of carboxylic acids is 1. The summed E-state index contributed by atoms with van der Waals surface area (Å²) in [5, 5.41) is 8.64. The van der Waals surface area contributed by atoms with Gasteiger partial charge in [-0.2, -0.15) is 0 Å². The highest BCUT2D eigenvalue weighted by molar-refractivity contribution is 5.85. The van der Waals surface area contributed by atoms with E-state index in [0.717, 1.165) is 12.5 Å². The maximum atomic E-state index is 10.5. The molecule has 0 aromatic heterocycles. The second kappa shape index (κ2) is 8.27. The molecule has 126 valence electrons. The van der Waals surface area contributed by atoms with Crippen molar-refractivity contribution in [1.82, 2.24) is 0 Å². The zero-order valence-electron chi connectivity index (χ0n) is 14.1. The van der Waals surface area contributed by atoms with Gasteiger partial charge in [-0.25, -0.2) is 4.79 Å². The zero-order valence-corrected chi connectivity index (χ0v) is 14.1. The third-order valence-electron chi connectivity index (χ3n) is 3.69. The van der Waals surface area contributed by atoms with E-state index in [0.29, 0.717) is 22.8 Å². The summed E-state index contributed by atoms with van der Waals surface area (Å²) < 4.78 is 16.4. The molecule has 0 aliphatic heterocycles. The molecule has 0 unspecified atom stereocenters. The first-order valence-corrected chi connectivity index (χ1v) is 7.34. The molecule has 0 fully saturated rings. The largest absolute Gasteiger partial charge is 0.493 e. The molecule has 23 heavy (non-hydrogen) atoms. The van der Waals surface area contributed by atoms with Crippen molar-refractivity contribution in [2.75, 3.05) is 13.9 Å². The van der Waals surface area contributed by atoms with Crippen LogP contribution < -0.4 is 9.47 Å². The van der Waals surface area contributed by atoms with E-state index in [4.69, 9.17) is 19.3 Å². The number of benzene rings is 1. The molecule has 0 aliphatic carbocycles. The molecule has 0 saturated carbocycles. The Hall–Kier alpha value is -2.43. The Balaban J connectivity index is 2.70. The first-order valence-electron chi connectivity index (χ1n) is 7.34. The molecule has 0 amide bonds. The predicted octanol–water partition coefficient (Wildman–Crippen LogP) is 4.10. The third-order valence-corrected chi connectivity index (χ3v) is 3.69. The molecule has 1 N–H and O–H groups in total. The lowest BCUT2D eigenvalue weighted by molar-refractivity contribution is -0.131. The van der Waals surface area contributed by atoms with E-state index in [1.54, 1.807) is 18.2 Å². The van der Waals surface area contributed by atoms with Crippen molar-refractivity contribution in [3.63, 3.8) is 0 Å². The lowest BCUT2D eigenvalue weighted by atomic mass is 9.89. The molecule has 0 spiro atoms. The second-order valence-corrected chi connectivity index (χ2v) is 5.65. The van der Waals surface area contributed by atoms with Crippen molar-refractivity contribution in [1.29, 1.82) is 0 Å². The number of carbonyl (C=O) groups is 1. The highest BCUT2D eigenvalue weighted by atomic mass is 16.7. The standard InChI is InChI=1S/C18H24O5/c1-6-18(3,4)13(2)22-12-23-15-9-7-14(8-10-17(19)20)11-16(15)21-5/h7-11H,2,6,12H2,1,3-5H3,(H,19,20)/b10-8+. The van der Waals surface area contributed by atoms with Crippen molar-refractivity contribution in [3.05, 3.63) is 42.2 Å². The molecule has 0 atom stereocenters. The van der Waals surface area contributed by atoms with E-state index < -0.39 is 5.97 Å². The van der Waals surface area contributed by atoms with Crippen LogP contribution in [-0.4, -0.2) is 25.0 Å². The Labute approximate surface area is 137 Å². The van der Waals surface area contributed by atoms with Gasteiger partial charge in [-0.3, -0.25) is 0 Å². The first-order chi connectivity index (χ1) is 10.8. The number of carboxylic acid groups (broad SMARTS) is 1. The number of allylic oxidation sites excluding steroid dienone is 1. The normalized spacial score (nSPS) is 11.3. The van der Waals surface area contributed by atoms with Gasteiger partial charge in [0.2, 0.25) is 6.79 Å². The van der Waals surface area contributed by atoms with Crippen molar-refractivity contribution >= 4 is 12.0 Å². The van der Waals surface area contributed by atoms with Crippen molar-refractivity contribution < 1.29 is 24.1 Å². The van der Waals surface area contributed by atoms with Crippen LogP contribution in [0, 0.1) is 5.41 Å². The van der Waals surface area contributed by atoms with E-state index in [2.05, 4.69) is 27.4 Å². The molecular formula is C18H24O5. The molecule has 0 heterocycles. The fraction of sp³-hybridized carbons (Fsp3) is 0.389. The van der Waals surface area contributed by atoms with Crippen LogP contribution in [0.4, 0.5) is 0 Å². The fourth-order valence-electron chi connectivity index (χ4n) is 1.63. The van der Waals surface area contributed by atoms with Crippen LogP contribution in [0.5, 0.6) is 11.5 Å². The highest BCUT2D eigenvalue weighted by Crippen LogP contribution is 2.31. The monoisotopic (exact) mass is 320 g/mol. The van der Waals surface area contributed by atoms with Crippen LogP contribution in [0.25, 0.3) is 6.08 Å². The minimum Gasteiger partial charge on any atom is -0.493 e. The van der Waals surface area contributed by atoms with Gasteiger partial charge in [0.15, 0.2) is 11.5 Å². The number of methoxy groups -OCH3 is 1. The second-order valence-electron chi connectivity index (χ2n) is 5.65. The number of ether oxygens (including phenoxy) is 3. The summed E-state index contributed by atoms with van der Waals surface area (Å²) in [4.78, 5) is 10.5. The lowest BCUT2D eigenvalue weighted by Gasteiger charge is -2.25. The molecular weight excluding hydrogens is 296 g/mol. The van der Waals surface area contributed by atoms with Gasteiger partial charge in [-0.05, 0) is 30.2 Å². The average Bonchev–Trinajstić information content (AvgIpc) is 2.53. The Morgan fingerprint density at radius 3 is 2.61 bits per heavy atom. The fourth-order valence-corrected chi connectivity index (χ4v) is 1.63. The van der Waals surface area contributed by atoms with Gasteiger partial charge < -0.3 is 19.3 Å². The van der Waals surface area contributed by atoms with E-state index in [1.807, 2.05) is 0 Å². The van der Waals surface area contributed by atoms with Crippen LogP contribution in [0.1, 0.15) is 32.8 Å². The van der Waals surface area contributed by atoms with Gasteiger partial charge in [-0.15, -0.1) is 0 Å². The van der Waals surface area contributed by atoms with Crippen LogP contribution in [0.15, 0.2) is 36.6 Å². The molecule has 0 radical (unpaired) electrons. The molecule has 0 aliphatic rings. The van der Waals surface area contributed by atoms with E-state index in [9.17, 15) is 4.79 Å². The average molecular weight is 320 g/mol. The van der Waals surface area contributed by atoms with Gasteiger partial charge in [0, 0.05) is 11.5 Å². The van der Waals surface area contributed by atoms with Crippen LogP contribution in [-0.2, 0) is 9.53 Å². The molecule has 5 heteroatoms. The summed E-state index contributed by atoms with van der Waals surface area (Å²) in [6.45, 7) is 10.1. The highest BCUT2D eigenvalue weighted by Gasteiger charge is 2.21. The van der Waals surface area contributed by atoms with Gasteiger partial charge in [-0.1, -0.05) is 33.4 Å². The summed E-state index contributed by atoms with van der Waals surface area (Å²) in [6, 6.07) is 5.14. The quantitative estimate of drug-likeness (QED) is 0.421. The zero-order chi connectivity index (χ0) is 17.5. The topological polar surface area (TPSA) is 65.0 Å². The summed E-state index contributed by atoms with van der Waals surface area (Å²) in [5.74, 6) is 0.679. The van der Waals surface area contributed by atoms with E-state index in [-0.39, 0.29) is 12.2 Å². The Kier molecular flexibility index (Phi) is 6.69. The van der Waals surface area contributed by atoms with Gasteiger partial charge in [0.05, 0.1) is 12.9 Å². The van der Waals surface area contributed by atoms with Crippen LogP contribution in [0.3, 0.4) is 0 Å². The molecule has 0 saturated heterocycles. The summed E-state index contributed by atoms with van der Waals surface area (Å²) in [6.07, 6.45) is 3.46. The van der Waals surface area contributed by atoms with Crippen LogP contribution >= 0.6 is 0 Å². The van der Waals surface area contributed by atoms with E-state index >= 15 is 0 Å². The number of hydrogen-bond donors (Lipinski definition) is 1. The number of rotatable bonds is 9. The maximum Gasteiger partial charge on any atom is 0.328 e. The number of hydrogen-bond acceptors (Lipinski definition) is 4. The maximum absolute atomic E-state index is 10.5. The molecule has 1 aromatic rings. The molecule has 0 bridgehead atoms. The summed E-state index contributed by atoms with van der Waals surface area (Å²) in [5.41, 5.74) is 0.591. The molecule has 1 rings (SSSR count). The lowest BCUT2D eigenvalue weighted by Crippen LogP contribution is -2.17. The SMILES string of the molecule is C=C(OCOc1ccc(/C=C/C(=O)O)cc1OC)C(C)(C)CC. The Morgan fingerprint density at radius 1 is 1.35 bits per heavy atom. The third kappa shape index (κ3) is 5.70. The number of aliphatic carboxylic acids is 1.